The quantitative estimate of drug-likeness (QED) is 0.331. The lowest BCUT2D eigenvalue weighted by Crippen LogP contribution is -2.39. The molecular formula is C26H25N3O4S3. The fourth-order valence-electron chi connectivity index (χ4n) is 4.31. The number of hydrogen-bond donors (Lipinski definition) is 0. The van der Waals surface area contributed by atoms with Gasteiger partial charge in [0.25, 0.3) is 5.91 Å². The number of sulfone groups is 1. The minimum atomic E-state index is -3.14. The van der Waals surface area contributed by atoms with E-state index in [1.54, 1.807) is 10.8 Å². The third-order valence-electron chi connectivity index (χ3n) is 5.95. The zero-order valence-corrected chi connectivity index (χ0v) is 22.3. The summed E-state index contributed by atoms with van der Waals surface area (Å²) in [6.45, 7) is 3.95. The molecule has 5 rings (SSSR count). The minimum absolute atomic E-state index is 0.0469. The van der Waals surface area contributed by atoms with Crippen molar-refractivity contribution in [3.63, 3.8) is 0 Å². The van der Waals surface area contributed by atoms with Gasteiger partial charge in [-0.3, -0.25) is 9.69 Å². The molecule has 1 amide bonds. The summed E-state index contributed by atoms with van der Waals surface area (Å²) in [5, 5.41) is 4.83. The molecule has 3 aromatic rings. The van der Waals surface area contributed by atoms with Crippen LogP contribution in [0.4, 0.5) is 0 Å². The fraction of sp³-hybridized carbons (Fsp3) is 0.269. The molecule has 2 saturated heterocycles. The number of rotatable bonds is 6. The Labute approximate surface area is 220 Å². The molecule has 2 fully saturated rings. The molecule has 0 aliphatic carbocycles. The van der Waals surface area contributed by atoms with Gasteiger partial charge in [0.05, 0.1) is 39.9 Å². The van der Waals surface area contributed by atoms with E-state index in [4.69, 9.17) is 22.1 Å². The van der Waals surface area contributed by atoms with E-state index >= 15 is 0 Å². The number of ether oxygens (including phenoxy) is 1. The summed E-state index contributed by atoms with van der Waals surface area (Å²) in [4.78, 5) is 15.2. The number of hydrogen-bond acceptors (Lipinski definition) is 7. The van der Waals surface area contributed by atoms with Gasteiger partial charge >= 0.3 is 0 Å². The smallest absolute Gasteiger partial charge is 0.266 e. The van der Waals surface area contributed by atoms with Crippen LogP contribution in [-0.4, -0.2) is 57.0 Å². The minimum Gasteiger partial charge on any atom is -0.491 e. The number of amides is 1. The van der Waals surface area contributed by atoms with Crippen LogP contribution in [-0.2, 0) is 14.6 Å². The Morgan fingerprint density at radius 2 is 1.86 bits per heavy atom. The molecule has 36 heavy (non-hydrogen) atoms. The van der Waals surface area contributed by atoms with Crippen molar-refractivity contribution < 1.29 is 17.9 Å². The largest absolute Gasteiger partial charge is 0.491 e. The van der Waals surface area contributed by atoms with Crippen molar-refractivity contribution in [2.45, 2.75) is 32.4 Å². The van der Waals surface area contributed by atoms with Crippen molar-refractivity contribution >= 4 is 50.1 Å². The molecule has 0 bridgehead atoms. The van der Waals surface area contributed by atoms with Gasteiger partial charge in [0.1, 0.15) is 10.1 Å². The second-order valence-corrected chi connectivity index (χ2v) is 12.9. The first-order chi connectivity index (χ1) is 17.2. The maximum absolute atomic E-state index is 13.3. The molecule has 7 nitrogen and oxygen atoms in total. The van der Waals surface area contributed by atoms with E-state index < -0.39 is 15.9 Å². The summed E-state index contributed by atoms with van der Waals surface area (Å²) in [6.07, 6.45) is 4.16. The highest BCUT2D eigenvalue weighted by Crippen LogP contribution is 2.38. The maximum Gasteiger partial charge on any atom is 0.266 e. The predicted octanol–water partition coefficient (Wildman–Crippen LogP) is 4.71. The van der Waals surface area contributed by atoms with Crippen molar-refractivity contribution in [2.75, 3.05) is 11.5 Å². The molecule has 3 heterocycles. The summed E-state index contributed by atoms with van der Waals surface area (Å²) < 4.78 is 31.9. The number of aromatic nitrogens is 2. The van der Waals surface area contributed by atoms with Gasteiger partial charge in [0.2, 0.25) is 0 Å². The van der Waals surface area contributed by atoms with Gasteiger partial charge in [0, 0.05) is 17.3 Å². The van der Waals surface area contributed by atoms with Gasteiger partial charge in [-0.2, -0.15) is 5.10 Å². The van der Waals surface area contributed by atoms with Crippen molar-refractivity contribution in [1.29, 1.82) is 0 Å². The van der Waals surface area contributed by atoms with Crippen LogP contribution in [0.25, 0.3) is 23.0 Å². The van der Waals surface area contributed by atoms with Gasteiger partial charge in [-0.1, -0.05) is 42.2 Å². The molecule has 0 saturated carbocycles. The lowest BCUT2D eigenvalue weighted by Gasteiger charge is -2.20. The van der Waals surface area contributed by atoms with Crippen LogP contribution < -0.4 is 4.74 Å². The molecule has 2 aliphatic rings. The van der Waals surface area contributed by atoms with E-state index in [1.165, 1.54) is 16.7 Å². The van der Waals surface area contributed by atoms with E-state index in [9.17, 15) is 13.2 Å². The molecular weight excluding hydrogens is 515 g/mol. The van der Waals surface area contributed by atoms with Crippen molar-refractivity contribution in [3.05, 3.63) is 71.3 Å². The topological polar surface area (TPSA) is 81.5 Å². The maximum atomic E-state index is 13.3. The summed E-state index contributed by atoms with van der Waals surface area (Å²) in [6, 6.07) is 17.0. The Morgan fingerprint density at radius 3 is 2.50 bits per heavy atom. The van der Waals surface area contributed by atoms with Crippen LogP contribution >= 0.6 is 24.0 Å². The summed E-state index contributed by atoms with van der Waals surface area (Å²) in [5.41, 5.74) is 3.24. The first-order valence-corrected chi connectivity index (χ1v) is 14.6. The van der Waals surface area contributed by atoms with Gasteiger partial charge in [-0.15, -0.1) is 0 Å². The van der Waals surface area contributed by atoms with E-state index in [2.05, 4.69) is 0 Å². The third kappa shape index (κ3) is 5.11. The molecule has 1 aromatic heterocycles. The predicted molar refractivity (Wildman–Crippen MR) is 147 cm³/mol. The normalized spacial score (nSPS) is 20.6. The summed E-state index contributed by atoms with van der Waals surface area (Å²) in [5.74, 6) is 0.545. The van der Waals surface area contributed by atoms with Crippen LogP contribution in [0.5, 0.6) is 5.75 Å². The average molecular weight is 540 g/mol. The molecule has 2 aliphatic heterocycles. The lowest BCUT2D eigenvalue weighted by molar-refractivity contribution is -0.123. The standard InChI is InChI=1S/C26H25N3O4S3/c1-17(2)33-22-10-8-18(9-11-22)24-19(15-28(27-24)20-6-4-3-5-7-20)14-23-25(30)29(26(34)35-23)21-12-13-36(31,32)16-21/h3-11,14-15,17,21H,12-13,16H2,1-2H3/b23-14+. The number of carbonyl (C=O) groups is 1. The summed E-state index contributed by atoms with van der Waals surface area (Å²) in [7, 11) is -3.14. The van der Waals surface area contributed by atoms with Crippen molar-refractivity contribution in [1.82, 2.24) is 14.7 Å². The fourth-order valence-corrected chi connectivity index (χ4v) is 7.40. The van der Waals surface area contributed by atoms with E-state index in [1.807, 2.05) is 74.6 Å². The molecule has 0 radical (unpaired) electrons. The number of nitrogens with zero attached hydrogens (tertiary/aromatic N) is 3. The van der Waals surface area contributed by atoms with E-state index in [0.717, 1.165) is 22.6 Å². The van der Waals surface area contributed by atoms with Crippen LogP contribution in [0.3, 0.4) is 0 Å². The van der Waals surface area contributed by atoms with Crippen molar-refractivity contribution in [3.8, 4) is 22.7 Å². The number of thioether (sulfide) groups is 1. The first kappa shape index (κ1) is 24.7. The highest BCUT2D eigenvalue weighted by molar-refractivity contribution is 8.26. The number of thiocarbonyl (C=S) groups is 1. The molecule has 0 spiro atoms. The number of para-hydroxylation sites is 1. The Balaban J connectivity index is 1.52. The molecule has 1 atom stereocenters. The second-order valence-electron chi connectivity index (χ2n) is 9.01. The summed E-state index contributed by atoms with van der Waals surface area (Å²) >= 11 is 6.68. The van der Waals surface area contributed by atoms with Gasteiger partial charge in [-0.25, -0.2) is 13.1 Å². The highest BCUT2D eigenvalue weighted by Gasteiger charge is 2.42. The SMILES string of the molecule is CC(C)Oc1ccc(-c2nn(-c3ccccc3)cc2/C=C2/SC(=S)N(C3CCS(=O)(=O)C3)C2=O)cc1. The molecule has 186 valence electrons. The molecule has 2 aromatic carbocycles. The van der Waals surface area contributed by atoms with Crippen LogP contribution in [0.2, 0.25) is 0 Å². The molecule has 1 unspecified atom stereocenters. The van der Waals surface area contributed by atoms with Gasteiger partial charge in [0.15, 0.2) is 9.84 Å². The Bertz CT molecular complexity index is 1450. The van der Waals surface area contributed by atoms with Crippen LogP contribution in [0.15, 0.2) is 65.7 Å². The van der Waals surface area contributed by atoms with Gasteiger partial charge in [-0.05, 0) is 62.7 Å². The number of benzene rings is 2. The van der Waals surface area contributed by atoms with E-state index in [-0.39, 0.29) is 23.5 Å². The zero-order valence-electron chi connectivity index (χ0n) is 19.8. The Morgan fingerprint density at radius 1 is 1.14 bits per heavy atom. The monoisotopic (exact) mass is 539 g/mol. The lowest BCUT2D eigenvalue weighted by atomic mass is 10.1. The second kappa shape index (κ2) is 9.84. The third-order valence-corrected chi connectivity index (χ3v) is 9.03. The van der Waals surface area contributed by atoms with Gasteiger partial charge < -0.3 is 4.74 Å². The number of carbonyl (C=O) groups excluding carboxylic acids is 1. The molecule has 10 heteroatoms. The zero-order chi connectivity index (χ0) is 25.4. The molecule has 0 N–H and O–H groups in total. The first-order valence-electron chi connectivity index (χ1n) is 11.6. The Hall–Kier alpha value is -2.95. The van der Waals surface area contributed by atoms with Crippen molar-refractivity contribution in [2.24, 2.45) is 0 Å². The van der Waals surface area contributed by atoms with Crippen LogP contribution in [0.1, 0.15) is 25.8 Å². The Kier molecular flexibility index (Phi) is 6.76. The highest BCUT2D eigenvalue weighted by atomic mass is 32.2. The van der Waals surface area contributed by atoms with Crippen LogP contribution in [0, 0.1) is 0 Å². The average Bonchev–Trinajstić information content (AvgIpc) is 3.50. The van der Waals surface area contributed by atoms with E-state index in [0.29, 0.717) is 21.3 Å².